The van der Waals surface area contributed by atoms with Crippen LogP contribution < -0.4 is 0 Å². The lowest BCUT2D eigenvalue weighted by atomic mass is 9.61. The van der Waals surface area contributed by atoms with E-state index in [0.29, 0.717) is 6.54 Å². The van der Waals surface area contributed by atoms with Gasteiger partial charge >= 0.3 is 0 Å². The van der Waals surface area contributed by atoms with Crippen LogP contribution in [-0.4, -0.2) is 24.5 Å². The van der Waals surface area contributed by atoms with E-state index in [1.165, 1.54) is 9.13 Å². The van der Waals surface area contributed by atoms with Crippen molar-refractivity contribution in [2.45, 2.75) is 40.2 Å². The summed E-state index contributed by atoms with van der Waals surface area (Å²) in [7, 11) is 0. The van der Waals surface area contributed by atoms with Gasteiger partial charge in [-0.2, -0.15) is 0 Å². The molecule has 3 heteroatoms. The normalized spacial score (nSPS) is 19.2. The van der Waals surface area contributed by atoms with Crippen LogP contribution in [0.15, 0.2) is 24.3 Å². The molecule has 1 aromatic carbocycles. The Labute approximate surface area is 142 Å². The van der Waals surface area contributed by atoms with Crippen LogP contribution in [0.5, 0.6) is 0 Å². The smallest absolute Gasteiger partial charge is 0.220 e. The first-order chi connectivity index (χ1) is 9.86. The molecule has 0 saturated carbocycles. The van der Waals surface area contributed by atoms with Crippen LogP contribution >= 0.6 is 22.6 Å². The molecule has 0 radical (unpaired) electrons. The number of piperidine rings is 1. The monoisotopic (exact) mass is 396 g/mol. The predicted octanol–water partition coefficient (Wildman–Crippen LogP) is 4.84. The number of benzene rings is 1. The van der Waals surface area contributed by atoms with Crippen molar-refractivity contribution in [1.29, 1.82) is 0 Å². The first kappa shape index (κ1) is 16.8. The Kier molecular flexibility index (Phi) is 5.32. The molecule has 0 spiro atoms. The molecule has 2 rings (SSSR count). The highest BCUT2D eigenvalue weighted by atomic mass is 127. The van der Waals surface area contributed by atoms with Gasteiger partial charge in [-0.25, -0.2) is 6.57 Å². The van der Waals surface area contributed by atoms with Gasteiger partial charge in [0.05, 0.1) is 0 Å². The SMILES string of the molecule is [C-]#[N+]CC1(C(C)(C)C)CCN(Cc2ccc(I)cc2)CC1. The van der Waals surface area contributed by atoms with E-state index in [0.717, 1.165) is 32.5 Å². The first-order valence-corrected chi connectivity index (χ1v) is 8.74. The highest BCUT2D eigenvalue weighted by Gasteiger charge is 2.46. The van der Waals surface area contributed by atoms with Crippen molar-refractivity contribution in [1.82, 2.24) is 4.90 Å². The van der Waals surface area contributed by atoms with E-state index in [1.807, 2.05) is 0 Å². The quantitative estimate of drug-likeness (QED) is 0.524. The van der Waals surface area contributed by atoms with Gasteiger partial charge in [0, 0.05) is 15.5 Å². The number of hydrogen-bond acceptors (Lipinski definition) is 1. The summed E-state index contributed by atoms with van der Waals surface area (Å²) in [4.78, 5) is 6.29. The zero-order chi connectivity index (χ0) is 15.5. The van der Waals surface area contributed by atoms with Crippen molar-refractivity contribution in [3.05, 3.63) is 44.8 Å². The Morgan fingerprint density at radius 3 is 2.24 bits per heavy atom. The third-order valence-corrected chi connectivity index (χ3v) is 5.82. The minimum Gasteiger partial charge on any atom is -0.316 e. The average molecular weight is 396 g/mol. The molecule has 0 unspecified atom stereocenters. The third-order valence-electron chi connectivity index (χ3n) is 5.11. The highest BCUT2D eigenvalue weighted by Crippen LogP contribution is 2.47. The van der Waals surface area contributed by atoms with Crippen LogP contribution in [0.1, 0.15) is 39.2 Å². The van der Waals surface area contributed by atoms with Crippen molar-refractivity contribution in [2.24, 2.45) is 10.8 Å². The molecule has 114 valence electrons. The molecule has 2 nitrogen and oxygen atoms in total. The molecule has 1 saturated heterocycles. The Hall–Kier alpha value is -0.600. The van der Waals surface area contributed by atoms with Gasteiger partial charge in [0.2, 0.25) is 6.54 Å². The Morgan fingerprint density at radius 1 is 1.19 bits per heavy atom. The van der Waals surface area contributed by atoms with Crippen LogP contribution in [0.3, 0.4) is 0 Å². The minimum atomic E-state index is 0.192. The topological polar surface area (TPSA) is 7.60 Å². The molecule has 1 aliphatic heterocycles. The molecule has 21 heavy (non-hydrogen) atoms. The Bertz CT molecular complexity index is 500. The van der Waals surface area contributed by atoms with E-state index in [9.17, 15) is 0 Å². The van der Waals surface area contributed by atoms with Crippen LogP contribution in [0, 0.1) is 21.0 Å². The van der Waals surface area contributed by atoms with Gasteiger partial charge in [0.1, 0.15) is 0 Å². The van der Waals surface area contributed by atoms with E-state index < -0.39 is 0 Å². The maximum absolute atomic E-state index is 7.30. The standard InChI is InChI=1S/C18H25IN2/c1-17(2,3)18(14-20-4)9-11-21(12-10-18)13-15-5-7-16(19)8-6-15/h5-8H,9-14H2,1-3H3. The number of nitrogens with zero attached hydrogens (tertiary/aromatic N) is 2. The van der Waals surface area contributed by atoms with Gasteiger partial charge in [-0.15, -0.1) is 0 Å². The number of likely N-dealkylation sites (tertiary alicyclic amines) is 1. The lowest BCUT2D eigenvalue weighted by Gasteiger charge is -2.46. The Morgan fingerprint density at radius 2 is 1.76 bits per heavy atom. The molecule has 1 aliphatic rings. The molecule has 0 amide bonds. The van der Waals surface area contributed by atoms with E-state index in [4.69, 9.17) is 6.57 Å². The van der Waals surface area contributed by atoms with Gasteiger partial charge in [-0.1, -0.05) is 32.9 Å². The average Bonchev–Trinajstić information content (AvgIpc) is 2.43. The van der Waals surface area contributed by atoms with Crippen molar-refractivity contribution in [3.8, 4) is 0 Å². The zero-order valence-electron chi connectivity index (χ0n) is 13.3. The van der Waals surface area contributed by atoms with E-state index in [-0.39, 0.29) is 10.8 Å². The molecular formula is C18H25IN2. The Balaban J connectivity index is 1.99. The van der Waals surface area contributed by atoms with Crippen LogP contribution in [0.4, 0.5) is 0 Å². The fourth-order valence-electron chi connectivity index (χ4n) is 3.28. The molecule has 0 N–H and O–H groups in total. The summed E-state index contributed by atoms with van der Waals surface area (Å²) in [6.07, 6.45) is 2.28. The first-order valence-electron chi connectivity index (χ1n) is 7.66. The van der Waals surface area contributed by atoms with Gasteiger partial charge in [-0.05, 0) is 71.6 Å². The second-order valence-corrected chi connectivity index (χ2v) is 8.49. The van der Waals surface area contributed by atoms with Gasteiger partial charge in [0.15, 0.2) is 0 Å². The van der Waals surface area contributed by atoms with Crippen LogP contribution in [-0.2, 0) is 6.54 Å². The van der Waals surface area contributed by atoms with E-state index in [1.54, 1.807) is 0 Å². The molecule has 1 heterocycles. The van der Waals surface area contributed by atoms with Gasteiger partial charge in [0.25, 0.3) is 0 Å². The molecule has 0 bridgehead atoms. The predicted molar refractivity (Wildman–Crippen MR) is 97.0 cm³/mol. The summed E-state index contributed by atoms with van der Waals surface area (Å²) in [6, 6.07) is 8.82. The summed E-state index contributed by atoms with van der Waals surface area (Å²) in [5.41, 5.74) is 1.80. The summed E-state index contributed by atoms with van der Waals surface area (Å²) in [6.45, 7) is 18.1. The molecule has 1 fully saturated rings. The number of hydrogen-bond donors (Lipinski definition) is 0. The summed E-state index contributed by atoms with van der Waals surface area (Å²) in [5, 5.41) is 0. The summed E-state index contributed by atoms with van der Waals surface area (Å²) < 4.78 is 1.29. The lowest BCUT2D eigenvalue weighted by molar-refractivity contribution is 0.0173. The molecule has 0 aliphatic carbocycles. The maximum Gasteiger partial charge on any atom is 0.220 e. The summed E-state index contributed by atoms with van der Waals surface area (Å²) in [5.74, 6) is 0. The summed E-state index contributed by atoms with van der Waals surface area (Å²) >= 11 is 2.35. The fraction of sp³-hybridized carbons (Fsp3) is 0.611. The number of rotatable bonds is 3. The van der Waals surface area contributed by atoms with Gasteiger partial charge < -0.3 is 4.85 Å². The highest BCUT2D eigenvalue weighted by molar-refractivity contribution is 14.1. The molecular weight excluding hydrogens is 371 g/mol. The molecule has 0 atom stereocenters. The molecule has 1 aromatic rings. The molecule has 0 aromatic heterocycles. The van der Waals surface area contributed by atoms with E-state index >= 15 is 0 Å². The lowest BCUT2D eigenvalue weighted by Crippen LogP contribution is -2.47. The van der Waals surface area contributed by atoms with Crippen molar-refractivity contribution >= 4 is 22.6 Å². The number of halogens is 1. The van der Waals surface area contributed by atoms with Crippen molar-refractivity contribution in [3.63, 3.8) is 0 Å². The second kappa shape index (κ2) is 6.66. The minimum absolute atomic E-state index is 0.192. The van der Waals surface area contributed by atoms with Crippen molar-refractivity contribution in [2.75, 3.05) is 19.6 Å². The van der Waals surface area contributed by atoms with Crippen LogP contribution in [0.2, 0.25) is 0 Å². The van der Waals surface area contributed by atoms with E-state index in [2.05, 4.69) is 77.4 Å². The maximum atomic E-state index is 7.30. The third kappa shape index (κ3) is 3.98. The largest absolute Gasteiger partial charge is 0.316 e. The van der Waals surface area contributed by atoms with Crippen molar-refractivity contribution < 1.29 is 0 Å². The zero-order valence-corrected chi connectivity index (χ0v) is 15.5. The second-order valence-electron chi connectivity index (χ2n) is 7.25. The van der Waals surface area contributed by atoms with Crippen LogP contribution in [0.25, 0.3) is 4.85 Å². The van der Waals surface area contributed by atoms with Gasteiger partial charge in [-0.3, -0.25) is 4.90 Å². The fourth-order valence-corrected chi connectivity index (χ4v) is 3.64.